The van der Waals surface area contributed by atoms with Gasteiger partial charge in [-0.05, 0) is 59.5 Å². The van der Waals surface area contributed by atoms with E-state index in [-0.39, 0.29) is 0 Å². The van der Waals surface area contributed by atoms with Gasteiger partial charge in [0.2, 0.25) is 0 Å². The zero-order valence-corrected chi connectivity index (χ0v) is 21.8. The number of pyridine rings is 2. The Morgan fingerprint density at radius 2 is 1.78 bits per heavy atom. The molecule has 0 N–H and O–H groups in total. The van der Waals surface area contributed by atoms with E-state index in [9.17, 15) is 0 Å². The zero-order chi connectivity index (χ0) is 25.5. The van der Waals surface area contributed by atoms with Crippen LogP contribution in [0, 0.1) is 0 Å². The van der Waals surface area contributed by atoms with Crippen LogP contribution in [0.15, 0.2) is 84.0 Å². The number of thioether (sulfide) groups is 1. The summed E-state index contributed by atoms with van der Waals surface area (Å²) in [6.45, 7) is 9.07. The molecule has 0 saturated carbocycles. The first-order valence-electron chi connectivity index (χ1n) is 12.4. The van der Waals surface area contributed by atoms with Gasteiger partial charge < -0.3 is 9.47 Å². The van der Waals surface area contributed by atoms with Crippen molar-refractivity contribution in [1.29, 1.82) is 0 Å². The number of benzene rings is 2. The molecule has 0 unspecified atom stereocenters. The Bertz CT molecular complexity index is 1460. The number of ether oxygens (including phenoxy) is 2. The highest BCUT2D eigenvalue weighted by Crippen LogP contribution is 2.36. The molecule has 188 valence electrons. The van der Waals surface area contributed by atoms with Crippen LogP contribution in [0.4, 0.5) is 5.69 Å². The van der Waals surface area contributed by atoms with Gasteiger partial charge in [0.1, 0.15) is 23.4 Å². The van der Waals surface area contributed by atoms with E-state index in [1.807, 2.05) is 78.6 Å². The second-order valence-corrected chi connectivity index (χ2v) is 10.2. The molecule has 6 nitrogen and oxygen atoms in total. The number of hydrogen-bond acceptors (Lipinski definition) is 7. The second-order valence-electron chi connectivity index (χ2n) is 8.78. The minimum atomic E-state index is 0.370. The van der Waals surface area contributed by atoms with Gasteiger partial charge in [-0.25, -0.2) is 4.99 Å². The maximum atomic E-state index is 6.08. The van der Waals surface area contributed by atoms with Crippen molar-refractivity contribution in [2.75, 3.05) is 18.1 Å². The molecule has 1 aliphatic rings. The molecule has 0 bridgehead atoms. The molecular formula is C30H30N4O2S. The summed E-state index contributed by atoms with van der Waals surface area (Å²) >= 11 is 1.95. The molecule has 0 spiro atoms. The van der Waals surface area contributed by atoms with Gasteiger partial charge >= 0.3 is 0 Å². The standard InChI is InChI=1S/C30H30N4O2S/c1-3-37-16-15-34(19-23-7-4-5-14-31-23)20-24-8-6-9-25(32-24)21-35-26-11-13-28-30(18-26)36-29-17-22(2)10-12-27(29)33-28/h4-14,17-18H,2-3,15-16,19-21H2,1H3. The molecule has 0 fully saturated rings. The van der Waals surface area contributed by atoms with Gasteiger partial charge in [-0.3, -0.25) is 14.9 Å². The molecule has 2 aromatic carbocycles. The highest BCUT2D eigenvalue weighted by Gasteiger charge is 2.14. The van der Waals surface area contributed by atoms with E-state index >= 15 is 0 Å². The van der Waals surface area contributed by atoms with Gasteiger partial charge in [0.25, 0.3) is 0 Å². The average molecular weight is 511 g/mol. The Kier molecular flexibility index (Phi) is 8.13. The normalized spacial score (nSPS) is 11.8. The quantitative estimate of drug-likeness (QED) is 0.225. The fourth-order valence-corrected chi connectivity index (χ4v) is 4.77. The molecule has 0 saturated heterocycles. The van der Waals surface area contributed by atoms with E-state index in [1.54, 1.807) is 0 Å². The van der Waals surface area contributed by atoms with Crippen LogP contribution < -0.4 is 20.0 Å². The lowest BCUT2D eigenvalue weighted by atomic mass is 10.2. The largest absolute Gasteiger partial charge is 0.487 e. The number of rotatable bonds is 11. The van der Waals surface area contributed by atoms with Crippen molar-refractivity contribution in [3.8, 4) is 17.2 Å². The van der Waals surface area contributed by atoms with Crippen LogP contribution >= 0.6 is 11.8 Å². The van der Waals surface area contributed by atoms with Crippen LogP contribution in [0.25, 0.3) is 6.58 Å². The van der Waals surface area contributed by atoms with Crippen LogP contribution in [0.5, 0.6) is 17.2 Å². The Labute approximate surface area is 221 Å². The fourth-order valence-electron chi connectivity index (χ4n) is 4.10. The molecule has 0 atom stereocenters. The second kappa shape index (κ2) is 12.0. The number of hydrogen-bond donors (Lipinski definition) is 0. The molecule has 0 radical (unpaired) electrons. The smallest absolute Gasteiger partial charge is 0.156 e. The maximum Gasteiger partial charge on any atom is 0.156 e. The molecular weight excluding hydrogens is 480 g/mol. The third kappa shape index (κ3) is 6.76. The molecule has 0 aliphatic carbocycles. The van der Waals surface area contributed by atoms with Crippen molar-refractivity contribution in [3.05, 3.63) is 107 Å². The van der Waals surface area contributed by atoms with Crippen LogP contribution in [0.1, 0.15) is 24.0 Å². The first kappa shape index (κ1) is 25.0. The van der Waals surface area contributed by atoms with E-state index in [2.05, 4.69) is 40.5 Å². The summed E-state index contributed by atoms with van der Waals surface area (Å²) in [7, 11) is 0. The van der Waals surface area contributed by atoms with E-state index < -0.39 is 0 Å². The number of nitrogens with zero attached hydrogens (tertiary/aromatic N) is 4. The van der Waals surface area contributed by atoms with E-state index in [0.29, 0.717) is 23.9 Å². The summed E-state index contributed by atoms with van der Waals surface area (Å²) in [5.74, 6) is 4.29. The predicted molar refractivity (Wildman–Crippen MR) is 149 cm³/mol. The minimum Gasteiger partial charge on any atom is -0.487 e. The van der Waals surface area contributed by atoms with Gasteiger partial charge in [0, 0.05) is 37.7 Å². The molecule has 0 amide bonds. The van der Waals surface area contributed by atoms with Crippen LogP contribution in [-0.4, -0.2) is 32.9 Å². The highest BCUT2D eigenvalue weighted by atomic mass is 32.2. The maximum absolute atomic E-state index is 6.08. The first-order chi connectivity index (χ1) is 18.2. The van der Waals surface area contributed by atoms with E-state index in [1.165, 1.54) is 0 Å². The lowest BCUT2D eigenvalue weighted by Gasteiger charge is -2.21. The summed E-state index contributed by atoms with van der Waals surface area (Å²) in [6, 6.07) is 23.6. The molecule has 7 heteroatoms. The molecule has 5 rings (SSSR count). The summed E-state index contributed by atoms with van der Waals surface area (Å²) in [5, 5.41) is 1.69. The van der Waals surface area contributed by atoms with Crippen LogP contribution in [0.2, 0.25) is 0 Å². The highest BCUT2D eigenvalue weighted by molar-refractivity contribution is 7.99. The monoisotopic (exact) mass is 510 g/mol. The van der Waals surface area contributed by atoms with E-state index in [0.717, 1.165) is 64.5 Å². The zero-order valence-electron chi connectivity index (χ0n) is 21.0. The van der Waals surface area contributed by atoms with Gasteiger partial charge in [0.05, 0.1) is 17.1 Å². The van der Waals surface area contributed by atoms with E-state index in [4.69, 9.17) is 14.5 Å². The van der Waals surface area contributed by atoms with Gasteiger partial charge in [0.15, 0.2) is 11.5 Å². The lowest BCUT2D eigenvalue weighted by Crippen LogP contribution is -2.26. The summed E-state index contributed by atoms with van der Waals surface area (Å²) in [6.07, 6.45) is 1.85. The van der Waals surface area contributed by atoms with Gasteiger partial charge in [-0.2, -0.15) is 11.8 Å². The summed E-state index contributed by atoms with van der Waals surface area (Å²) < 4.78 is 12.1. The van der Waals surface area contributed by atoms with Crippen LogP contribution in [0.3, 0.4) is 0 Å². The third-order valence-corrected chi connectivity index (χ3v) is 6.80. The number of fused-ring (bicyclic) bond motifs is 2. The fraction of sp³-hybridized carbons (Fsp3) is 0.233. The molecule has 37 heavy (non-hydrogen) atoms. The average Bonchev–Trinajstić information content (AvgIpc) is 2.91. The molecule has 3 heterocycles. The van der Waals surface area contributed by atoms with Crippen molar-refractivity contribution in [2.24, 2.45) is 4.99 Å². The molecule has 2 aromatic heterocycles. The molecule has 4 aromatic rings. The topological polar surface area (TPSA) is 59.8 Å². The first-order valence-corrected chi connectivity index (χ1v) is 13.6. The SMILES string of the molecule is C=c1ccc2c(c1)Oc1cc(OCc3cccc(CN(CCSCC)Cc4ccccn4)n3)ccc1N=2. The van der Waals surface area contributed by atoms with Crippen molar-refractivity contribution >= 4 is 24.0 Å². The summed E-state index contributed by atoms with van der Waals surface area (Å²) in [5.41, 5.74) is 3.75. The molecule has 1 aliphatic heterocycles. The lowest BCUT2D eigenvalue weighted by molar-refractivity contribution is 0.265. The van der Waals surface area contributed by atoms with Crippen LogP contribution in [-0.2, 0) is 19.7 Å². The van der Waals surface area contributed by atoms with Crippen molar-refractivity contribution in [1.82, 2.24) is 14.9 Å². The minimum absolute atomic E-state index is 0.370. The predicted octanol–water partition coefficient (Wildman–Crippen LogP) is 5.28. The Hall–Kier alpha value is -3.68. The van der Waals surface area contributed by atoms with Gasteiger partial charge in [-0.1, -0.05) is 31.7 Å². The van der Waals surface area contributed by atoms with Crippen molar-refractivity contribution in [3.63, 3.8) is 0 Å². The van der Waals surface area contributed by atoms with Gasteiger partial charge in [-0.15, -0.1) is 0 Å². The Morgan fingerprint density at radius 1 is 0.919 bits per heavy atom. The van der Waals surface area contributed by atoms with Crippen molar-refractivity contribution in [2.45, 2.75) is 26.6 Å². The third-order valence-electron chi connectivity index (χ3n) is 5.92. The summed E-state index contributed by atoms with van der Waals surface area (Å²) in [4.78, 5) is 16.5. The Morgan fingerprint density at radius 3 is 2.65 bits per heavy atom. The Balaban J connectivity index is 1.24. The van der Waals surface area contributed by atoms with Crippen molar-refractivity contribution < 1.29 is 9.47 Å². The number of aromatic nitrogens is 2.